The topological polar surface area (TPSA) is 42.7 Å². The third-order valence-electron chi connectivity index (χ3n) is 3.48. The first-order valence-corrected chi connectivity index (χ1v) is 7.62. The summed E-state index contributed by atoms with van der Waals surface area (Å²) in [6.45, 7) is 2.73. The van der Waals surface area contributed by atoms with Crippen LogP contribution in [0, 0.1) is 6.92 Å². The monoisotopic (exact) mass is 294 g/mol. The third-order valence-corrected chi connectivity index (χ3v) is 4.43. The Kier molecular flexibility index (Phi) is 2.86. The summed E-state index contributed by atoms with van der Waals surface area (Å²) < 4.78 is 3.33. The molecule has 0 saturated heterocycles. The molecule has 2 aromatic carbocycles. The highest BCUT2D eigenvalue weighted by Crippen LogP contribution is 2.24. The van der Waals surface area contributed by atoms with Gasteiger partial charge in [-0.15, -0.1) is 11.3 Å². The fourth-order valence-electron chi connectivity index (χ4n) is 2.47. The summed E-state index contributed by atoms with van der Waals surface area (Å²) in [5.74, 6) is 0. The highest BCUT2D eigenvalue weighted by atomic mass is 32.1. The predicted octanol–water partition coefficient (Wildman–Crippen LogP) is 4.02. The summed E-state index contributed by atoms with van der Waals surface area (Å²) in [4.78, 5) is 8.92. The van der Waals surface area contributed by atoms with Gasteiger partial charge < -0.3 is 9.88 Å². The number of nitrogens with zero attached hydrogens (tertiary/aromatic N) is 3. The summed E-state index contributed by atoms with van der Waals surface area (Å²) in [7, 11) is 0. The highest BCUT2D eigenvalue weighted by molar-refractivity contribution is 7.18. The number of anilines is 1. The average molecular weight is 294 g/mol. The van der Waals surface area contributed by atoms with Crippen LogP contribution < -0.4 is 5.32 Å². The molecule has 0 radical (unpaired) electrons. The first-order valence-electron chi connectivity index (χ1n) is 6.80. The Morgan fingerprint density at radius 3 is 3.00 bits per heavy atom. The SMILES string of the molecule is Cc1nc2cc(NCn3cnc4ccccc43)ccc2s1. The van der Waals surface area contributed by atoms with Crippen molar-refractivity contribution < 1.29 is 0 Å². The van der Waals surface area contributed by atoms with Crippen molar-refractivity contribution in [2.24, 2.45) is 0 Å². The molecule has 0 spiro atoms. The number of hydrogen-bond donors (Lipinski definition) is 1. The van der Waals surface area contributed by atoms with E-state index >= 15 is 0 Å². The predicted molar refractivity (Wildman–Crippen MR) is 87.7 cm³/mol. The lowest BCUT2D eigenvalue weighted by Crippen LogP contribution is -2.06. The molecule has 0 aliphatic carbocycles. The van der Waals surface area contributed by atoms with E-state index in [9.17, 15) is 0 Å². The maximum absolute atomic E-state index is 4.53. The Labute approximate surface area is 126 Å². The molecule has 0 fully saturated rings. The van der Waals surface area contributed by atoms with Crippen LogP contribution in [-0.2, 0) is 6.67 Å². The lowest BCUT2D eigenvalue weighted by atomic mass is 10.3. The molecule has 0 aliphatic rings. The molecule has 21 heavy (non-hydrogen) atoms. The van der Waals surface area contributed by atoms with Crippen LogP contribution in [0.3, 0.4) is 0 Å². The molecular weight excluding hydrogens is 280 g/mol. The van der Waals surface area contributed by atoms with Crippen molar-refractivity contribution in [1.82, 2.24) is 14.5 Å². The molecular formula is C16H14N4S. The first-order chi connectivity index (χ1) is 10.3. The molecule has 4 rings (SSSR count). The van der Waals surface area contributed by atoms with Crippen LogP contribution >= 0.6 is 11.3 Å². The van der Waals surface area contributed by atoms with Crippen LogP contribution in [0.2, 0.25) is 0 Å². The van der Waals surface area contributed by atoms with Crippen LogP contribution in [0.15, 0.2) is 48.8 Å². The van der Waals surface area contributed by atoms with E-state index in [1.165, 1.54) is 4.70 Å². The second kappa shape index (κ2) is 4.86. The van der Waals surface area contributed by atoms with E-state index in [1.807, 2.05) is 31.5 Å². The zero-order valence-electron chi connectivity index (χ0n) is 11.6. The zero-order chi connectivity index (χ0) is 14.2. The van der Waals surface area contributed by atoms with Crippen LogP contribution in [-0.4, -0.2) is 14.5 Å². The maximum Gasteiger partial charge on any atom is 0.0973 e. The van der Waals surface area contributed by atoms with Crippen LogP contribution in [0.1, 0.15) is 5.01 Å². The van der Waals surface area contributed by atoms with Gasteiger partial charge >= 0.3 is 0 Å². The number of rotatable bonds is 3. The molecule has 0 unspecified atom stereocenters. The van der Waals surface area contributed by atoms with Crippen LogP contribution in [0.5, 0.6) is 0 Å². The molecule has 0 bridgehead atoms. The molecule has 0 aliphatic heterocycles. The molecule has 1 N–H and O–H groups in total. The van der Waals surface area contributed by atoms with Gasteiger partial charge in [0.05, 0.1) is 39.3 Å². The quantitative estimate of drug-likeness (QED) is 0.620. The normalized spacial score (nSPS) is 11.3. The standard InChI is InChI=1S/C16H14N4S/c1-11-19-14-8-12(6-7-16(14)21-11)17-9-20-10-18-13-4-2-3-5-15(13)20/h2-8,10,17H,9H2,1H3. The largest absolute Gasteiger partial charge is 0.367 e. The Hall–Kier alpha value is -2.40. The van der Waals surface area contributed by atoms with Crippen LogP contribution in [0.25, 0.3) is 21.3 Å². The molecule has 4 aromatic rings. The third kappa shape index (κ3) is 2.25. The lowest BCUT2D eigenvalue weighted by molar-refractivity contribution is 0.800. The Morgan fingerprint density at radius 1 is 1.14 bits per heavy atom. The molecule has 0 atom stereocenters. The summed E-state index contributed by atoms with van der Waals surface area (Å²) >= 11 is 1.72. The van der Waals surface area contributed by atoms with Gasteiger partial charge in [0, 0.05) is 5.69 Å². The Balaban J connectivity index is 1.60. The zero-order valence-corrected chi connectivity index (χ0v) is 12.4. The number of imidazole rings is 1. The van der Waals surface area contributed by atoms with Gasteiger partial charge in [0.15, 0.2) is 0 Å². The maximum atomic E-state index is 4.53. The fraction of sp³-hybridized carbons (Fsp3) is 0.125. The molecule has 4 nitrogen and oxygen atoms in total. The average Bonchev–Trinajstić information content (AvgIpc) is 3.07. The van der Waals surface area contributed by atoms with E-state index in [0.29, 0.717) is 6.67 Å². The molecule has 2 heterocycles. The summed E-state index contributed by atoms with van der Waals surface area (Å²) in [5.41, 5.74) is 4.28. The fourth-order valence-corrected chi connectivity index (χ4v) is 3.27. The first kappa shape index (κ1) is 12.3. The van der Waals surface area contributed by atoms with Crippen LogP contribution in [0.4, 0.5) is 5.69 Å². The van der Waals surface area contributed by atoms with Gasteiger partial charge in [-0.2, -0.15) is 0 Å². The van der Waals surface area contributed by atoms with E-state index in [-0.39, 0.29) is 0 Å². The number of thiazole rings is 1. The van der Waals surface area contributed by atoms with E-state index in [4.69, 9.17) is 0 Å². The number of nitrogens with one attached hydrogen (secondary N) is 1. The van der Waals surface area contributed by atoms with E-state index in [1.54, 1.807) is 11.3 Å². The molecule has 0 amide bonds. The lowest BCUT2D eigenvalue weighted by Gasteiger charge is -2.08. The van der Waals surface area contributed by atoms with Crippen molar-refractivity contribution in [2.45, 2.75) is 13.6 Å². The Bertz CT molecular complexity index is 922. The summed E-state index contributed by atoms with van der Waals surface area (Å²) in [6, 6.07) is 14.5. The minimum Gasteiger partial charge on any atom is -0.367 e. The summed E-state index contributed by atoms with van der Waals surface area (Å²) in [6.07, 6.45) is 1.86. The number of aromatic nitrogens is 3. The van der Waals surface area contributed by atoms with Crippen molar-refractivity contribution >= 4 is 38.3 Å². The highest BCUT2D eigenvalue weighted by Gasteiger charge is 2.03. The summed E-state index contributed by atoms with van der Waals surface area (Å²) in [5, 5.41) is 4.53. The number of para-hydroxylation sites is 2. The van der Waals surface area contributed by atoms with Gasteiger partial charge in [-0.05, 0) is 37.3 Å². The number of fused-ring (bicyclic) bond motifs is 2. The molecule has 0 saturated carbocycles. The number of aryl methyl sites for hydroxylation is 1. The smallest absolute Gasteiger partial charge is 0.0973 e. The molecule has 104 valence electrons. The van der Waals surface area contributed by atoms with Crippen molar-refractivity contribution in [3.63, 3.8) is 0 Å². The van der Waals surface area contributed by atoms with E-state index in [2.05, 4.69) is 44.1 Å². The second-order valence-corrected chi connectivity index (χ2v) is 6.19. The van der Waals surface area contributed by atoms with Crippen molar-refractivity contribution in [3.8, 4) is 0 Å². The van der Waals surface area contributed by atoms with Crippen molar-refractivity contribution in [1.29, 1.82) is 0 Å². The van der Waals surface area contributed by atoms with E-state index in [0.717, 1.165) is 27.2 Å². The molecule has 5 heteroatoms. The Morgan fingerprint density at radius 2 is 2.05 bits per heavy atom. The minimum absolute atomic E-state index is 0.690. The van der Waals surface area contributed by atoms with Gasteiger partial charge in [-0.25, -0.2) is 9.97 Å². The van der Waals surface area contributed by atoms with Crippen molar-refractivity contribution in [2.75, 3.05) is 5.32 Å². The second-order valence-electron chi connectivity index (χ2n) is 4.95. The van der Waals surface area contributed by atoms with E-state index < -0.39 is 0 Å². The minimum atomic E-state index is 0.690. The number of benzene rings is 2. The van der Waals surface area contributed by atoms with Crippen molar-refractivity contribution in [3.05, 3.63) is 53.8 Å². The van der Waals surface area contributed by atoms with Gasteiger partial charge in [-0.3, -0.25) is 0 Å². The molecule has 2 aromatic heterocycles. The van der Waals surface area contributed by atoms with Gasteiger partial charge in [0.25, 0.3) is 0 Å². The van der Waals surface area contributed by atoms with Gasteiger partial charge in [-0.1, -0.05) is 12.1 Å². The number of hydrogen-bond acceptors (Lipinski definition) is 4. The van der Waals surface area contributed by atoms with Gasteiger partial charge in [0.2, 0.25) is 0 Å². The van der Waals surface area contributed by atoms with Gasteiger partial charge in [0.1, 0.15) is 0 Å².